The standard InChI is InChI=1S/C53H37BN2/c1-53(2)44-24-14-13-23-42(44)43-28-25-36(31-45(43)53)37-32-48-50-49(33-37)56(39-19-7-4-8-20-39)52-41-22-12-10-16-35(41)27-30-47(52)54(50)46-29-26-34-15-9-11-21-40(34)51(46)55(48)38-17-5-3-6-18-38/h3-33H,1-2H3. The van der Waals surface area contributed by atoms with Crippen LogP contribution in [0.3, 0.4) is 0 Å². The highest BCUT2D eigenvalue weighted by atomic mass is 15.2. The predicted molar refractivity (Wildman–Crippen MR) is 238 cm³/mol. The van der Waals surface area contributed by atoms with Crippen molar-refractivity contribution < 1.29 is 0 Å². The van der Waals surface area contributed by atoms with Crippen molar-refractivity contribution in [3.8, 4) is 22.3 Å². The lowest BCUT2D eigenvalue weighted by Gasteiger charge is -2.45. The second-order valence-electron chi connectivity index (χ2n) is 16.1. The van der Waals surface area contributed by atoms with Gasteiger partial charge in [0, 0.05) is 50.3 Å². The Bertz CT molecular complexity index is 2920. The first-order chi connectivity index (χ1) is 27.6. The third-order valence-corrected chi connectivity index (χ3v) is 12.8. The van der Waals surface area contributed by atoms with Crippen molar-refractivity contribution in [2.75, 3.05) is 9.80 Å². The van der Waals surface area contributed by atoms with Crippen molar-refractivity contribution in [3.05, 3.63) is 199 Å². The van der Waals surface area contributed by atoms with E-state index < -0.39 is 0 Å². The highest BCUT2D eigenvalue weighted by Gasteiger charge is 2.45. The summed E-state index contributed by atoms with van der Waals surface area (Å²) in [5.74, 6) is 0. The molecule has 0 fully saturated rings. The van der Waals surface area contributed by atoms with E-state index in [0.717, 1.165) is 11.4 Å². The molecule has 3 aliphatic rings. The lowest BCUT2D eigenvalue weighted by atomic mass is 9.33. The number of para-hydroxylation sites is 2. The van der Waals surface area contributed by atoms with E-state index in [9.17, 15) is 0 Å². The fraction of sp³-hybridized carbons (Fsp3) is 0.0566. The van der Waals surface area contributed by atoms with Gasteiger partial charge in [0.25, 0.3) is 6.71 Å². The molecule has 0 saturated heterocycles. The molecule has 9 aromatic rings. The first kappa shape index (κ1) is 31.5. The zero-order valence-electron chi connectivity index (χ0n) is 31.4. The zero-order chi connectivity index (χ0) is 37.1. The van der Waals surface area contributed by atoms with Crippen molar-refractivity contribution in [1.29, 1.82) is 0 Å². The van der Waals surface area contributed by atoms with Crippen LogP contribution in [0.15, 0.2) is 188 Å². The van der Waals surface area contributed by atoms with E-state index in [1.165, 1.54) is 94.1 Å². The van der Waals surface area contributed by atoms with Gasteiger partial charge in [-0.2, -0.15) is 0 Å². The normalized spacial score (nSPS) is 14.3. The first-order valence-corrected chi connectivity index (χ1v) is 19.7. The van der Waals surface area contributed by atoms with E-state index in [4.69, 9.17) is 0 Å². The number of benzene rings is 9. The molecule has 0 bridgehead atoms. The summed E-state index contributed by atoms with van der Waals surface area (Å²) in [4.78, 5) is 5.11. The first-order valence-electron chi connectivity index (χ1n) is 19.7. The molecular weight excluding hydrogens is 675 g/mol. The summed E-state index contributed by atoms with van der Waals surface area (Å²) in [6.45, 7) is 4.78. The summed E-state index contributed by atoms with van der Waals surface area (Å²) in [6.07, 6.45) is 0. The van der Waals surface area contributed by atoms with Crippen molar-refractivity contribution >= 4 is 78.8 Å². The Hall–Kier alpha value is -6.84. The molecule has 2 nitrogen and oxygen atoms in total. The van der Waals surface area contributed by atoms with E-state index >= 15 is 0 Å². The quantitative estimate of drug-likeness (QED) is 0.168. The van der Waals surface area contributed by atoms with Gasteiger partial charge >= 0.3 is 0 Å². The van der Waals surface area contributed by atoms with Gasteiger partial charge in [-0.05, 0) is 103 Å². The van der Waals surface area contributed by atoms with Crippen LogP contribution in [-0.4, -0.2) is 6.71 Å². The van der Waals surface area contributed by atoms with Gasteiger partial charge in [0.15, 0.2) is 0 Å². The van der Waals surface area contributed by atoms with Gasteiger partial charge in [0.1, 0.15) is 0 Å². The molecule has 9 aromatic carbocycles. The third-order valence-electron chi connectivity index (χ3n) is 12.8. The Balaban J connectivity index is 1.22. The van der Waals surface area contributed by atoms with Crippen LogP contribution in [-0.2, 0) is 5.41 Å². The number of hydrogen-bond donors (Lipinski definition) is 0. The Morgan fingerprint density at radius 1 is 0.411 bits per heavy atom. The monoisotopic (exact) mass is 712 g/mol. The molecule has 12 rings (SSSR count). The van der Waals surface area contributed by atoms with Crippen molar-refractivity contribution in [1.82, 2.24) is 0 Å². The van der Waals surface area contributed by atoms with Crippen LogP contribution in [0.2, 0.25) is 0 Å². The topological polar surface area (TPSA) is 6.48 Å². The summed E-state index contributed by atoms with van der Waals surface area (Å²) in [6, 6.07) is 70.3. The predicted octanol–water partition coefficient (Wildman–Crippen LogP) is 12.0. The maximum atomic E-state index is 2.55. The van der Waals surface area contributed by atoms with Crippen LogP contribution in [0.1, 0.15) is 25.0 Å². The van der Waals surface area contributed by atoms with Gasteiger partial charge in [-0.3, -0.25) is 0 Å². The van der Waals surface area contributed by atoms with Gasteiger partial charge in [-0.25, -0.2) is 0 Å². The van der Waals surface area contributed by atoms with Crippen LogP contribution < -0.4 is 26.2 Å². The minimum Gasteiger partial charge on any atom is -0.311 e. The molecule has 2 aliphatic heterocycles. The fourth-order valence-corrected chi connectivity index (χ4v) is 10.3. The van der Waals surface area contributed by atoms with Crippen molar-refractivity contribution in [2.45, 2.75) is 19.3 Å². The van der Waals surface area contributed by atoms with Crippen LogP contribution >= 0.6 is 0 Å². The number of nitrogens with zero attached hydrogens (tertiary/aromatic N) is 2. The van der Waals surface area contributed by atoms with Gasteiger partial charge in [-0.15, -0.1) is 0 Å². The molecule has 0 amide bonds. The van der Waals surface area contributed by atoms with E-state index in [-0.39, 0.29) is 12.1 Å². The molecule has 262 valence electrons. The second kappa shape index (κ2) is 11.6. The van der Waals surface area contributed by atoms with E-state index in [2.05, 4.69) is 212 Å². The smallest absolute Gasteiger partial charge is 0.252 e. The van der Waals surface area contributed by atoms with Gasteiger partial charge < -0.3 is 9.80 Å². The highest BCUT2D eigenvalue weighted by Crippen LogP contribution is 2.52. The zero-order valence-corrected chi connectivity index (χ0v) is 31.4. The number of hydrogen-bond acceptors (Lipinski definition) is 2. The molecule has 0 radical (unpaired) electrons. The summed E-state index contributed by atoms with van der Waals surface area (Å²) in [5.41, 5.74) is 19.1. The molecule has 0 N–H and O–H groups in total. The number of rotatable bonds is 3. The minimum absolute atomic E-state index is 0.0293. The molecule has 3 heteroatoms. The van der Waals surface area contributed by atoms with Crippen LogP contribution in [0.4, 0.5) is 34.1 Å². The average molecular weight is 713 g/mol. The molecular formula is C53H37BN2. The highest BCUT2D eigenvalue weighted by molar-refractivity contribution is 7.00. The lowest BCUT2D eigenvalue weighted by Crippen LogP contribution is -2.61. The largest absolute Gasteiger partial charge is 0.311 e. The molecule has 0 saturated carbocycles. The Kier molecular flexibility index (Phi) is 6.52. The van der Waals surface area contributed by atoms with Gasteiger partial charge in [0.05, 0.1) is 0 Å². The Labute approximate surface area is 328 Å². The molecule has 1 aliphatic carbocycles. The van der Waals surface area contributed by atoms with Crippen molar-refractivity contribution in [3.63, 3.8) is 0 Å². The molecule has 2 heterocycles. The van der Waals surface area contributed by atoms with Gasteiger partial charge in [-0.1, -0.05) is 159 Å². The molecule has 0 atom stereocenters. The third kappa shape index (κ3) is 4.28. The van der Waals surface area contributed by atoms with Crippen LogP contribution in [0, 0.1) is 0 Å². The average Bonchev–Trinajstić information content (AvgIpc) is 3.49. The van der Waals surface area contributed by atoms with E-state index in [0.29, 0.717) is 0 Å². The second-order valence-corrected chi connectivity index (χ2v) is 16.1. The Morgan fingerprint density at radius 3 is 1.50 bits per heavy atom. The van der Waals surface area contributed by atoms with Crippen molar-refractivity contribution in [2.24, 2.45) is 0 Å². The number of fused-ring (bicyclic) bond motifs is 11. The van der Waals surface area contributed by atoms with Crippen LogP contribution in [0.25, 0.3) is 43.8 Å². The minimum atomic E-state index is -0.0998. The van der Waals surface area contributed by atoms with E-state index in [1.54, 1.807) is 0 Å². The summed E-state index contributed by atoms with van der Waals surface area (Å²) in [7, 11) is 0. The van der Waals surface area contributed by atoms with Crippen LogP contribution in [0.5, 0.6) is 0 Å². The maximum absolute atomic E-state index is 2.55. The molecule has 0 unspecified atom stereocenters. The Morgan fingerprint density at radius 2 is 0.911 bits per heavy atom. The summed E-state index contributed by atoms with van der Waals surface area (Å²) >= 11 is 0. The SMILES string of the molecule is CC1(C)c2ccccc2-c2ccc(-c3cc4c5c(c3)N(c3ccccc3)c3c(ccc6ccccc36)B5c3ccc5ccccc5c3N4c3ccccc3)cc21. The number of anilines is 6. The maximum Gasteiger partial charge on any atom is 0.252 e. The van der Waals surface area contributed by atoms with Gasteiger partial charge in [0.2, 0.25) is 0 Å². The van der Waals surface area contributed by atoms with E-state index in [1.807, 2.05) is 0 Å². The lowest BCUT2D eigenvalue weighted by molar-refractivity contribution is 0.660. The summed E-state index contributed by atoms with van der Waals surface area (Å²) in [5, 5.41) is 5.01. The molecule has 0 aromatic heterocycles. The fourth-order valence-electron chi connectivity index (χ4n) is 10.3. The molecule has 0 spiro atoms. The molecule has 56 heavy (non-hydrogen) atoms. The summed E-state index contributed by atoms with van der Waals surface area (Å²) < 4.78 is 0.